The fourth-order valence-electron chi connectivity index (χ4n) is 4.72. The number of carbonyl (C=O) groups is 3. The van der Waals surface area contributed by atoms with Crippen LogP contribution in [0.2, 0.25) is 0 Å². The third-order valence-corrected chi connectivity index (χ3v) is 9.49. The van der Waals surface area contributed by atoms with E-state index in [4.69, 9.17) is 19.9 Å². The van der Waals surface area contributed by atoms with Crippen LogP contribution in [0, 0.1) is 0 Å². The van der Waals surface area contributed by atoms with Crippen molar-refractivity contribution in [2.45, 2.75) is 16.3 Å². The van der Waals surface area contributed by atoms with Crippen LogP contribution in [0.1, 0.15) is 37.4 Å². The zero-order chi connectivity index (χ0) is 30.1. The van der Waals surface area contributed by atoms with Crippen LogP contribution < -0.4 is 10.5 Å². The summed E-state index contributed by atoms with van der Waals surface area (Å²) in [7, 11) is -11.5. The topological polar surface area (TPSA) is 254 Å². The lowest BCUT2D eigenvalue weighted by Crippen LogP contribution is -2.50. The van der Waals surface area contributed by atoms with Gasteiger partial charge in [-0.25, -0.2) is 9.59 Å². The van der Waals surface area contributed by atoms with Crippen molar-refractivity contribution in [1.29, 1.82) is 0 Å². The Bertz CT molecular complexity index is 1800. The number of hydrogen-bond donors (Lipinski definition) is 5. The second-order valence-electron chi connectivity index (χ2n) is 8.92. The van der Waals surface area contributed by atoms with Crippen LogP contribution in [-0.4, -0.2) is 64.7 Å². The molecule has 17 heteroatoms. The van der Waals surface area contributed by atoms with Gasteiger partial charge < -0.3 is 30.2 Å². The molecule has 0 fully saturated rings. The number of esters is 2. The Morgan fingerprint density at radius 1 is 0.829 bits per heavy atom. The first kappa shape index (κ1) is 27.8. The maximum atomic E-state index is 13.1. The molecule has 0 aromatic heterocycles. The van der Waals surface area contributed by atoms with Crippen LogP contribution in [-0.2, 0) is 40.1 Å². The highest BCUT2D eigenvalue weighted by atomic mass is 32.3. The van der Waals surface area contributed by atoms with Gasteiger partial charge >= 0.3 is 11.9 Å². The summed E-state index contributed by atoms with van der Waals surface area (Å²) < 4.78 is 78.2. The summed E-state index contributed by atoms with van der Waals surface area (Å²) in [6, 6.07) is 11.0. The number of phenolic OH excluding ortho intramolecular Hbond substituents is 2. The van der Waals surface area contributed by atoms with E-state index in [1.54, 1.807) is 0 Å². The number of rotatable bonds is 6. The molecule has 2 heterocycles. The fourth-order valence-corrected chi connectivity index (χ4v) is 6.96. The molecule has 2 aliphatic heterocycles. The highest BCUT2D eigenvalue weighted by Crippen LogP contribution is 2.57. The molecule has 15 nitrogen and oxygen atoms in total. The smallest absolute Gasteiger partial charge is 0.340 e. The first-order valence-electron chi connectivity index (χ1n) is 11.2. The molecular formula is C24H17NO14S2. The Balaban J connectivity index is 1.67. The molecule has 2 aliphatic rings. The molecule has 0 saturated carbocycles. The van der Waals surface area contributed by atoms with E-state index in [9.17, 15) is 50.5 Å². The molecule has 0 bridgehead atoms. The highest BCUT2D eigenvalue weighted by molar-refractivity contribution is 8.04. The van der Waals surface area contributed by atoms with E-state index in [1.807, 2.05) is 0 Å². The van der Waals surface area contributed by atoms with E-state index < -0.39 is 59.9 Å². The maximum absolute atomic E-state index is 13.1. The molecule has 0 aliphatic carbocycles. The lowest BCUT2D eigenvalue weighted by molar-refractivity contribution is -0.126. The van der Waals surface area contributed by atoms with Gasteiger partial charge in [0.2, 0.25) is 6.10 Å². The summed E-state index contributed by atoms with van der Waals surface area (Å²) in [5, 5.41) is 20.0. The van der Waals surface area contributed by atoms with Crippen molar-refractivity contribution in [3.8, 4) is 23.0 Å². The Morgan fingerprint density at radius 3 is 1.85 bits per heavy atom. The lowest BCUT2D eigenvalue weighted by Gasteiger charge is -2.36. The molecule has 5 rings (SSSR count). The molecule has 1 atom stereocenters. The molecule has 214 valence electrons. The lowest BCUT2D eigenvalue weighted by atomic mass is 9.77. The Morgan fingerprint density at radius 2 is 1.37 bits per heavy atom. The Labute approximate surface area is 230 Å². The summed E-state index contributed by atoms with van der Waals surface area (Å²) in [6.45, 7) is 0. The van der Waals surface area contributed by atoms with Gasteiger partial charge in [0.25, 0.3) is 30.7 Å². The van der Waals surface area contributed by atoms with Crippen molar-refractivity contribution >= 4 is 38.1 Å². The van der Waals surface area contributed by atoms with Gasteiger partial charge in [0.1, 0.15) is 23.0 Å². The molecule has 1 unspecified atom stereocenters. The van der Waals surface area contributed by atoms with Gasteiger partial charge in [-0.3, -0.25) is 13.9 Å². The van der Waals surface area contributed by atoms with Gasteiger partial charge in [-0.05, 0) is 42.5 Å². The van der Waals surface area contributed by atoms with Crippen LogP contribution in [0.5, 0.6) is 23.0 Å². The zero-order valence-electron chi connectivity index (χ0n) is 20.1. The maximum Gasteiger partial charge on any atom is 0.340 e. The van der Waals surface area contributed by atoms with E-state index in [0.717, 1.165) is 18.2 Å². The van der Waals surface area contributed by atoms with Gasteiger partial charge in [-0.15, -0.1) is 0 Å². The number of carbonyl (C=O) groups excluding carboxylic acids is 3. The monoisotopic (exact) mass is 607 g/mol. The number of nitrogens with two attached hydrogens (primary N) is 1. The predicted octanol–water partition coefficient (Wildman–Crippen LogP) is 0.778. The third kappa shape index (κ3) is 4.49. The van der Waals surface area contributed by atoms with Crippen molar-refractivity contribution < 1.29 is 64.7 Å². The molecule has 41 heavy (non-hydrogen) atoms. The van der Waals surface area contributed by atoms with Gasteiger partial charge in [-0.1, -0.05) is 0 Å². The number of phenols is 2. The first-order chi connectivity index (χ1) is 19.0. The van der Waals surface area contributed by atoms with Crippen molar-refractivity contribution in [1.82, 2.24) is 0 Å². The number of amides is 1. The molecule has 1 spiro atoms. The number of hydrogen-bond acceptors (Lipinski definition) is 12. The van der Waals surface area contributed by atoms with Crippen molar-refractivity contribution in [3.05, 3.63) is 82.4 Å². The van der Waals surface area contributed by atoms with Crippen molar-refractivity contribution in [2.24, 2.45) is 5.73 Å². The van der Waals surface area contributed by atoms with Gasteiger partial charge in [0.05, 0.1) is 11.1 Å². The summed E-state index contributed by atoms with van der Waals surface area (Å²) in [6.07, 6.45) is -2.89. The van der Waals surface area contributed by atoms with Crippen LogP contribution in [0.4, 0.5) is 0 Å². The number of ether oxygens (including phenoxy) is 3. The van der Waals surface area contributed by atoms with Gasteiger partial charge in [0, 0.05) is 28.8 Å². The molecule has 3 aromatic rings. The Hall–Kier alpha value is -4.71. The van der Waals surface area contributed by atoms with E-state index >= 15 is 0 Å². The van der Waals surface area contributed by atoms with Crippen LogP contribution in [0.15, 0.2) is 54.6 Å². The normalized spacial score (nSPS) is 15.7. The summed E-state index contributed by atoms with van der Waals surface area (Å²) in [4.78, 5) is 38.0. The van der Waals surface area contributed by atoms with Crippen LogP contribution in [0.3, 0.4) is 0 Å². The summed E-state index contributed by atoms with van der Waals surface area (Å²) in [5.41, 5.74) is 3.08. The Kier molecular flexibility index (Phi) is 6.22. The fraction of sp³-hybridized carbons (Fsp3) is 0.125. The first-order valence-corrected chi connectivity index (χ1v) is 14.2. The number of aromatic hydroxyl groups is 2. The van der Waals surface area contributed by atoms with Gasteiger partial charge in [-0.2, -0.15) is 16.8 Å². The van der Waals surface area contributed by atoms with Gasteiger partial charge in [0.15, 0.2) is 5.60 Å². The summed E-state index contributed by atoms with van der Waals surface area (Å²) in [5.74, 6) is -4.60. The molecular weight excluding hydrogens is 590 g/mol. The third-order valence-electron chi connectivity index (χ3n) is 6.36. The molecule has 0 radical (unpaired) electrons. The number of fused-ring (bicyclic) bond motifs is 6. The second-order valence-corrected chi connectivity index (χ2v) is 12.3. The highest BCUT2D eigenvalue weighted by Gasteiger charge is 2.54. The van der Waals surface area contributed by atoms with E-state index in [1.165, 1.54) is 36.4 Å². The average Bonchev–Trinajstić information content (AvgIpc) is 3.13. The van der Waals surface area contributed by atoms with Crippen molar-refractivity contribution in [2.75, 3.05) is 0 Å². The van der Waals surface area contributed by atoms with E-state index in [0.29, 0.717) is 0 Å². The average molecular weight is 608 g/mol. The quantitative estimate of drug-likeness (QED) is 0.192. The molecule has 6 N–H and O–H groups in total. The number of primary amides is 1. The zero-order valence-corrected chi connectivity index (χ0v) is 21.7. The standard InChI is InChI=1S/C24H17NO14S2/c25-20(28)19(23(40(31,32)33)41(34,35)36)38-21(29)10-1-4-13-16(7-10)24(39-22(13)30)14-5-2-11(26)8-17(14)37-18-9-12(27)3-6-15(18)24/h1-9,19,23,26-27H,(H2,25,28)(H,31,32,33)(H,34,35,36). The van der Waals surface area contributed by atoms with E-state index in [2.05, 4.69) is 0 Å². The largest absolute Gasteiger partial charge is 0.508 e. The van der Waals surface area contributed by atoms with Crippen LogP contribution in [0.25, 0.3) is 0 Å². The molecule has 3 aromatic carbocycles. The van der Waals surface area contributed by atoms with Crippen molar-refractivity contribution in [3.63, 3.8) is 0 Å². The minimum absolute atomic E-state index is 0.0101. The second kappa shape index (κ2) is 9.16. The van der Waals surface area contributed by atoms with Crippen LogP contribution >= 0.6 is 0 Å². The predicted molar refractivity (Wildman–Crippen MR) is 133 cm³/mol. The SMILES string of the molecule is NC(=O)C(OC(=O)c1ccc2c(c1)C1(OC2=O)c2ccc(O)cc2Oc2cc(O)ccc21)C(S(=O)(=O)O)S(=O)(=O)O. The number of benzene rings is 3. The summed E-state index contributed by atoms with van der Waals surface area (Å²) >= 11 is 0. The minimum Gasteiger partial charge on any atom is -0.508 e. The van der Waals surface area contributed by atoms with E-state index in [-0.39, 0.29) is 45.3 Å². The minimum atomic E-state index is -5.74. The molecule has 0 saturated heterocycles. The molecule has 1 amide bonds.